The van der Waals surface area contributed by atoms with Gasteiger partial charge in [0, 0.05) is 12.1 Å². The van der Waals surface area contributed by atoms with Gasteiger partial charge in [0.2, 0.25) is 0 Å². The molecule has 0 bridgehead atoms. The van der Waals surface area contributed by atoms with Crippen LogP contribution in [-0.4, -0.2) is 30.0 Å². The molecular formula is C15H22N2S. The third-order valence-electron chi connectivity index (χ3n) is 3.40. The van der Waals surface area contributed by atoms with Gasteiger partial charge in [-0.2, -0.15) is 17.0 Å². The van der Waals surface area contributed by atoms with E-state index in [1.54, 1.807) is 0 Å². The van der Waals surface area contributed by atoms with Crippen LogP contribution in [0.1, 0.15) is 31.4 Å². The predicted molar refractivity (Wildman–Crippen MR) is 79.6 cm³/mol. The van der Waals surface area contributed by atoms with Gasteiger partial charge in [0.15, 0.2) is 0 Å². The number of rotatable bonds is 7. The first-order chi connectivity index (χ1) is 8.70. The van der Waals surface area contributed by atoms with E-state index < -0.39 is 0 Å². The van der Waals surface area contributed by atoms with Crippen molar-refractivity contribution in [1.29, 1.82) is 5.26 Å². The van der Waals surface area contributed by atoms with E-state index in [0.29, 0.717) is 12.5 Å². The summed E-state index contributed by atoms with van der Waals surface area (Å²) in [5.41, 5.74) is 1.23. The molecule has 18 heavy (non-hydrogen) atoms. The first-order valence-corrected chi connectivity index (χ1v) is 7.72. The topological polar surface area (TPSA) is 27.0 Å². The van der Waals surface area contributed by atoms with Gasteiger partial charge >= 0.3 is 0 Å². The van der Waals surface area contributed by atoms with Gasteiger partial charge in [-0.05, 0) is 38.0 Å². The maximum Gasteiger partial charge on any atom is 0.0641 e. The Kier molecular flexibility index (Phi) is 6.85. The van der Waals surface area contributed by atoms with Crippen molar-refractivity contribution < 1.29 is 0 Å². The second kappa shape index (κ2) is 8.18. The monoisotopic (exact) mass is 262 g/mol. The van der Waals surface area contributed by atoms with Crippen LogP contribution < -0.4 is 0 Å². The zero-order valence-corrected chi connectivity index (χ0v) is 12.3. The maximum absolute atomic E-state index is 9.02. The van der Waals surface area contributed by atoms with Crippen LogP contribution in [0.15, 0.2) is 30.3 Å². The van der Waals surface area contributed by atoms with Gasteiger partial charge in [-0.1, -0.05) is 30.3 Å². The average Bonchev–Trinajstić information content (AvgIpc) is 2.42. The summed E-state index contributed by atoms with van der Waals surface area (Å²) in [6.07, 6.45) is 3.84. The van der Waals surface area contributed by atoms with E-state index >= 15 is 0 Å². The van der Waals surface area contributed by atoms with Gasteiger partial charge in [-0.3, -0.25) is 4.90 Å². The van der Waals surface area contributed by atoms with Crippen LogP contribution in [0.4, 0.5) is 0 Å². The molecule has 3 heteroatoms. The molecule has 0 amide bonds. The third-order valence-corrected chi connectivity index (χ3v) is 4.04. The summed E-state index contributed by atoms with van der Waals surface area (Å²) in [5, 5.41) is 9.02. The molecule has 0 N–H and O–H groups in total. The number of hydrogen-bond acceptors (Lipinski definition) is 3. The van der Waals surface area contributed by atoms with Crippen LogP contribution in [0.25, 0.3) is 0 Å². The van der Waals surface area contributed by atoms with Crippen LogP contribution in [0, 0.1) is 11.3 Å². The van der Waals surface area contributed by atoms with Crippen LogP contribution >= 0.6 is 11.8 Å². The minimum Gasteiger partial charge on any atom is -0.296 e. The molecule has 0 fully saturated rings. The van der Waals surface area contributed by atoms with Crippen LogP contribution in [0.3, 0.4) is 0 Å². The first-order valence-electron chi connectivity index (χ1n) is 6.33. The Morgan fingerprint density at radius 2 is 2.00 bits per heavy atom. The molecule has 0 aliphatic rings. The fourth-order valence-corrected chi connectivity index (χ4v) is 2.63. The number of nitrogens with zero attached hydrogens (tertiary/aromatic N) is 2. The molecule has 2 atom stereocenters. The van der Waals surface area contributed by atoms with Gasteiger partial charge in [0.25, 0.3) is 0 Å². The van der Waals surface area contributed by atoms with Gasteiger partial charge in [0.05, 0.1) is 12.5 Å². The molecule has 2 unspecified atom stereocenters. The smallest absolute Gasteiger partial charge is 0.0641 e. The fourth-order valence-electron chi connectivity index (χ4n) is 2.06. The lowest BCUT2D eigenvalue weighted by Crippen LogP contribution is -2.33. The molecule has 0 saturated carbocycles. The highest BCUT2D eigenvalue weighted by Gasteiger charge is 2.20. The van der Waals surface area contributed by atoms with Gasteiger partial charge in [-0.15, -0.1) is 0 Å². The minimum atomic E-state index is 0.202. The first kappa shape index (κ1) is 15.1. The zero-order chi connectivity index (χ0) is 13.4. The highest BCUT2D eigenvalue weighted by Crippen LogP contribution is 2.25. The highest BCUT2D eigenvalue weighted by molar-refractivity contribution is 7.98. The highest BCUT2D eigenvalue weighted by atomic mass is 32.2. The lowest BCUT2D eigenvalue weighted by atomic mass is 10.0. The Bertz CT molecular complexity index is 372. The molecule has 1 aromatic rings. The van der Waals surface area contributed by atoms with Crippen LogP contribution in [0.5, 0.6) is 0 Å². The molecule has 0 aliphatic heterocycles. The van der Waals surface area contributed by atoms with Crippen molar-refractivity contribution >= 4 is 11.8 Å². The molecular weight excluding hydrogens is 240 g/mol. The Morgan fingerprint density at radius 3 is 2.56 bits per heavy atom. The quantitative estimate of drug-likeness (QED) is 0.749. The van der Waals surface area contributed by atoms with E-state index in [4.69, 9.17) is 5.26 Å². The second-order valence-electron chi connectivity index (χ2n) is 4.58. The van der Waals surface area contributed by atoms with E-state index in [-0.39, 0.29) is 6.04 Å². The number of benzene rings is 1. The molecule has 98 valence electrons. The number of hydrogen-bond donors (Lipinski definition) is 0. The lowest BCUT2D eigenvalue weighted by Gasteiger charge is -2.32. The SMILES string of the molecule is CSCCC(C)N(C)C(CC#N)c1ccccc1. The van der Waals surface area contributed by atoms with Crippen molar-refractivity contribution in [3.05, 3.63) is 35.9 Å². The molecule has 0 spiro atoms. The van der Waals surface area contributed by atoms with Crippen molar-refractivity contribution in [1.82, 2.24) is 4.90 Å². The van der Waals surface area contributed by atoms with Crippen molar-refractivity contribution in [2.24, 2.45) is 0 Å². The standard InChI is InChI=1S/C15H22N2S/c1-13(10-12-18-3)17(2)15(9-11-16)14-7-5-4-6-8-14/h4-8,13,15H,9-10,12H2,1-3H3. The molecule has 1 aromatic carbocycles. The van der Waals surface area contributed by atoms with Gasteiger partial charge in [-0.25, -0.2) is 0 Å². The second-order valence-corrected chi connectivity index (χ2v) is 5.57. The molecule has 0 saturated heterocycles. The van der Waals surface area contributed by atoms with Gasteiger partial charge < -0.3 is 0 Å². The average molecular weight is 262 g/mol. The van der Waals surface area contributed by atoms with Crippen molar-refractivity contribution in [2.75, 3.05) is 19.1 Å². The number of nitriles is 1. The molecule has 2 nitrogen and oxygen atoms in total. The number of thioether (sulfide) groups is 1. The lowest BCUT2D eigenvalue weighted by molar-refractivity contribution is 0.183. The van der Waals surface area contributed by atoms with E-state index in [2.05, 4.69) is 43.3 Å². The third kappa shape index (κ3) is 4.36. The fraction of sp³-hybridized carbons (Fsp3) is 0.533. The summed E-state index contributed by atoms with van der Waals surface area (Å²) < 4.78 is 0. The maximum atomic E-state index is 9.02. The van der Waals surface area contributed by atoms with Crippen molar-refractivity contribution in [3.63, 3.8) is 0 Å². The summed E-state index contributed by atoms with van der Waals surface area (Å²) in [6, 6.07) is 13.3. The van der Waals surface area contributed by atoms with Crippen molar-refractivity contribution in [3.8, 4) is 6.07 Å². The van der Waals surface area contributed by atoms with Crippen LogP contribution in [-0.2, 0) is 0 Å². The Balaban J connectivity index is 2.76. The summed E-state index contributed by atoms with van der Waals surface area (Å²) >= 11 is 1.88. The molecule has 0 heterocycles. The molecule has 0 aromatic heterocycles. The van der Waals surface area contributed by atoms with Crippen LogP contribution in [0.2, 0.25) is 0 Å². The van der Waals surface area contributed by atoms with E-state index in [0.717, 1.165) is 6.42 Å². The largest absolute Gasteiger partial charge is 0.296 e. The molecule has 1 rings (SSSR count). The Labute approximate surface area is 115 Å². The van der Waals surface area contributed by atoms with Crippen molar-refractivity contribution in [2.45, 2.75) is 31.8 Å². The van der Waals surface area contributed by atoms with E-state index in [1.165, 1.54) is 11.3 Å². The summed E-state index contributed by atoms with van der Waals surface area (Å²) in [6.45, 7) is 2.24. The molecule has 0 aliphatic carbocycles. The van der Waals surface area contributed by atoms with E-state index in [1.807, 2.05) is 30.0 Å². The summed E-state index contributed by atoms with van der Waals surface area (Å²) in [7, 11) is 2.12. The Hall–Kier alpha value is -0.980. The van der Waals surface area contributed by atoms with Gasteiger partial charge in [0.1, 0.15) is 0 Å². The normalized spacial score (nSPS) is 14.2. The summed E-state index contributed by atoms with van der Waals surface area (Å²) in [5.74, 6) is 1.17. The zero-order valence-electron chi connectivity index (χ0n) is 11.5. The van der Waals surface area contributed by atoms with E-state index in [9.17, 15) is 0 Å². The molecule has 0 radical (unpaired) electrons. The minimum absolute atomic E-state index is 0.202. The summed E-state index contributed by atoms with van der Waals surface area (Å²) in [4.78, 5) is 2.33. The Morgan fingerprint density at radius 1 is 1.33 bits per heavy atom. The predicted octanol–water partition coefficient (Wildman–Crippen LogP) is 3.71.